The first-order valence-corrected chi connectivity index (χ1v) is 31.1. The molecule has 24 atom stereocenters. The molecule has 6 saturated heterocycles. The Morgan fingerprint density at radius 2 is 1.47 bits per heavy atom. The van der Waals surface area contributed by atoms with Gasteiger partial charge in [-0.15, -0.1) is 0 Å². The van der Waals surface area contributed by atoms with Gasteiger partial charge in [-0.05, 0) is 58.4 Å². The molecule has 2 spiro atoms. The molecule has 10 bridgehead atoms. The molecule has 0 amide bonds. The molecule has 86 heavy (non-hydrogen) atoms. The van der Waals surface area contributed by atoms with Crippen LogP contribution in [0.5, 0.6) is 0 Å². The summed E-state index contributed by atoms with van der Waals surface area (Å²) in [6.07, 6.45) is -7.57. The fraction of sp³-hybridized carbons (Fsp3) is 0.781. The lowest BCUT2D eigenvalue weighted by molar-refractivity contribution is -0.356. The summed E-state index contributed by atoms with van der Waals surface area (Å²) in [4.78, 5) is 54.6. The molecule has 7 rings (SSSR count). The number of carbonyl (C=O) groups excluding carboxylic acids is 4. The van der Waals surface area contributed by atoms with Gasteiger partial charge in [-0.3, -0.25) is 19.2 Å². The van der Waals surface area contributed by atoms with Gasteiger partial charge in [0.15, 0.2) is 17.4 Å². The Morgan fingerprint density at radius 1 is 0.814 bits per heavy atom. The average molecular weight is 1240 g/mol. The highest BCUT2D eigenvalue weighted by molar-refractivity contribution is 6.30. The summed E-state index contributed by atoms with van der Waals surface area (Å²) in [5.41, 5.74) is -2.41. The summed E-state index contributed by atoms with van der Waals surface area (Å²) in [7, 11) is 1.57. The van der Waals surface area contributed by atoms with Gasteiger partial charge in [0.1, 0.15) is 35.8 Å². The SMILES string of the molecule is C=C(Cl)/C=C/C(O)CC(=C)C[C@H]1O[C@@H]2[C@H](C)[C@@](C)(OC(=O)C[C@H]3C[C@H](OC(C)=O)C[C@@]4(C[C@@](C)(O)C[C@H](CC(=C)C(C)[C@H](OC(C)=O)[C@@H](C)C(=O)C[C@@H]5C[C@@H](OC)CC6(C[C@@H](O)C[C@@H](/C=C\CCC[C@H]7O[C@](O)(C[C@H](O)[C@H]7C)[C@H]2O)O6)O5)O4)O3)[C@@H]1O. The zero-order valence-corrected chi connectivity index (χ0v) is 52.4. The number of carbonyl (C=O) groups is 4. The fourth-order valence-electron chi connectivity index (χ4n) is 14.4. The van der Waals surface area contributed by atoms with Crippen molar-refractivity contribution in [3.05, 3.63) is 60.2 Å². The Labute approximate surface area is 511 Å². The van der Waals surface area contributed by atoms with E-state index in [9.17, 15) is 54.9 Å². The van der Waals surface area contributed by atoms with E-state index in [0.29, 0.717) is 43.3 Å². The minimum Gasteiger partial charge on any atom is -0.462 e. The topological polar surface area (TPSA) is 302 Å². The second kappa shape index (κ2) is 28.8. The normalized spacial score (nSPS) is 45.0. The molecule has 486 valence electrons. The van der Waals surface area contributed by atoms with Crippen LogP contribution in [-0.2, 0) is 66.5 Å². The zero-order valence-electron chi connectivity index (χ0n) is 51.6. The highest BCUT2D eigenvalue weighted by Crippen LogP contribution is 2.49. The summed E-state index contributed by atoms with van der Waals surface area (Å²) in [6, 6.07) is 0. The van der Waals surface area contributed by atoms with Gasteiger partial charge in [-0.2, -0.15) is 0 Å². The number of hydrogen-bond acceptors (Lipinski definition) is 21. The Kier molecular flexibility index (Phi) is 23.4. The highest BCUT2D eigenvalue weighted by Gasteiger charge is 2.61. The number of rotatable bonds is 9. The number of methoxy groups -OCH3 is 1. The molecular weight excluding hydrogens is 1140 g/mol. The van der Waals surface area contributed by atoms with Crippen molar-refractivity contribution in [3.8, 4) is 0 Å². The predicted molar refractivity (Wildman–Crippen MR) is 312 cm³/mol. The zero-order chi connectivity index (χ0) is 63.4. The second-order valence-corrected chi connectivity index (χ2v) is 27.0. The van der Waals surface area contributed by atoms with E-state index in [1.165, 1.54) is 32.9 Å². The summed E-state index contributed by atoms with van der Waals surface area (Å²) < 4.78 is 63.8. The average Bonchev–Trinajstić information content (AvgIpc) is 0.786. The maximum absolute atomic E-state index is 14.7. The molecule has 7 aliphatic heterocycles. The maximum Gasteiger partial charge on any atom is 0.309 e. The summed E-state index contributed by atoms with van der Waals surface area (Å²) in [6.45, 7) is 24.6. The number of ether oxygens (including phenoxy) is 10. The molecule has 0 aromatic heterocycles. The van der Waals surface area contributed by atoms with Crippen LogP contribution in [0.3, 0.4) is 0 Å². The molecule has 0 aromatic rings. The van der Waals surface area contributed by atoms with Crippen LogP contribution in [0.2, 0.25) is 0 Å². The minimum absolute atomic E-state index is 0.00103. The lowest BCUT2D eigenvalue weighted by Crippen LogP contribution is -2.69. The van der Waals surface area contributed by atoms with Crippen LogP contribution >= 0.6 is 11.6 Å². The molecule has 0 saturated carbocycles. The summed E-state index contributed by atoms with van der Waals surface area (Å²) >= 11 is 5.90. The van der Waals surface area contributed by atoms with E-state index < -0.39 is 168 Å². The number of aliphatic hydroxyl groups excluding tert-OH is 5. The lowest BCUT2D eigenvalue weighted by Gasteiger charge is -2.54. The highest BCUT2D eigenvalue weighted by atomic mass is 35.5. The van der Waals surface area contributed by atoms with E-state index in [4.69, 9.17) is 59.0 Å². The van der Waals surface area contributed by atoms with Gasteiger partial charge in [0.05, 0.1) is 85.1 Å². The Balaban J connectivity index is 1.24. The number of fused-ring (bicyclic) bond motifs is 8. The molecule has 0 radical (unpaired) electrons. The number of Topliss-reactive ketones (excluding diaryl/α,β-unsaturated/α-hetero) is 1. The minimum atomic E-state index is -2.42. The molecule has 22 heteroatoms. The van der Waals surface area contributed by atoms with Crippen molar-refractivity contribution in [1.82, 2.24) is 0 Å². The third kappa shape index (κ3) is 17.5. The third-order valence-electron chi connectivity index (χ3n) is 18.9. The van der Waals surface area contributed by atoms with Crippen LogP contribution in [-0.4, -0.2) is 187 Å². The van der Waals surface area contributed by atoms with Crippen molar-refractivity contribution >= 4 is 35.3 Å². The van der Waals surface area contributed by atoms with E-state index in [2.05, 4.69) is 19.7 Å². The summed E-state index contributed by atoms with van der Waals surface area (Å²) in [5, 5.41) is 83.2. The van der Waals surface area contributed by atoms with E-state index in [1.54, 1.807) is 41.7 Å². The van der Waals surface area contributed by atoms with Gasteiger partial charge in [0.2, 0.25) is 0 Å². The molecule has 7 heterocycles. The molecule has 7 aliphatic rings. The first-order chi connectivity index (χ1) is 40.2. The van der Waals surface area contributed by atoms with Crippen LogP contribution in [0.4, 0.5) is 0 Å². The van der Waals surface area contributed by atoms with Gasteiger partial charge in [-0.25, -0.2) is 0 Å². The Morgan fingerprint density at radius 3 is 2.14 bits per heavy atom. The van der Waals surface area contributed by atoms with E-state index in [-0.39, 0.29) is 81.1 Å². The van der Waals surface area contributed by atoms with E-state index in [1.807, 2.05) is 12.2 Å². The third-order valence-corrected chi connectivity index (χ3v) is 19.1. The number of aliphatic hydroxyl groups is 7. The standard InChI is InChI=1S/C64H97ClO21/c1-34(20-43(68)19-18-36(3)65)21-54-58(73)61(11)40(7)57(80-54)59(74)64(76)32-52(71)38(5)53(85-64)17-15-13-14-16-45-23-44(69)28-62(81-45)30-48(77-12)24-46(82-62)26-51(70)39(6)56(79-42(9)67)37(4)35(2)22-50-29-60(10,75)33-63(84-50)31-49(78-41(8)66)25-47(83-63)27-55(72)86-61/h14,16,18-19,37-40,43-50,52-54,56-59,68-69,71,73-76H,1-3,13,15,17,20-33H2,4-12H3/b16-14-,19-18+/t37?,38-,39+,40+,43?,44+,45-,46+,47-,48-,49+,50+,52+,53-,54-,56+,57-,58-,59+,60+,61-,62?,63-,64-/m1/s1. The van der Waals surface area contributed by atoms with Crippen LogP contribution in [0.25, 0.3) is 0 Å². The van der Waals surface area contributed by atoms with Gasteiger partial charge in [-0.1, -0.05) is 88.4 Å². The molecule has 21 nitrogen and oxygen atoms in total. The Bertz CT molecular complexity index is 2480. The lowest BCUT2D eigenvalue weighted by atomic mass is 9.72. The van der Waals surface area contributed by atoms with Crippen molar-refractivity contribution < 1.29 is 102 Å². The van der Waals surface area contributed by atoms with Gasteiger partial charge in [0.25, 0.3) is 0 Å². The summed E-state index contributed by atoms with van der Waals surface area (Å²) in [5.74, 6) is -10.8. The molecule has 0 aliphatic carbocycles. The van der Waals surface area contributed by atoms with Crippen LogP contribution in [0.1, 0.15) is 165 Å². The van der Waals surface area contributed by atoms with Crippen LogP contribution in [0.15, 0.2) is 60.2 Å². The maximum atomic E-state index is 14.7. The van der Waals surface area contributed by atoms with Crippen molar-refractivity contribution in [2.45, 2.75) is 285 Å². The van der Waals surface area contributed by atoms with Gasteiger partial charge in [0, 0.05) is 108 Å². The number of hydrogen-bond donors (Lipinski definition) is 7. The molecule has 3 unspecified atom stereocenters. The number of ketones is 1. The van der Waals surface area contributed by atoms with Crippen molar-refractivity contribution in [2.75, 3.05) is 7.11 Å². The Hall–Kier alpha value is -3.49. The second-order valence-electron chi connectivity index (χ2n) is 26.5. The fourth-order valence-corrected chi connectivity index (χ4v) is 14.5. The quantitative estimate of drug-likeness (QED) is 0.0576. The first kappa shape index (κ1) is 70.0. The smallest absolute Gasteiger partial charge is 0.309 e. The predicted octanol–water partition coefficient (Wildman–Crippen LogP) is 6.30. The monoisotopic (exact) mass is 1240 g/mol. The van der Waals surface area contributed by atoms with Crippen LogP contribution in [0, 0.1) is 23.7 Å². The largest absolute Gasteiger partial charge is 0.462 e. The first-order valence-electron chi connectivity index (χ1n) is 30.7. The van der Waals surface area contributed by atoms with E-state index >= 15 is 0 Å². The van der Waals surface area contributed by atoms with Crippen molar-refractivity contribution in [3.63, 3.8) is 0 Å². The number of halogens is 1. The van der Waals surface area contributed by atoms with Crippen molar-refractivity contribution in [1.29, 1.82) is 0 Å². The molecular formula is C64H97ClO21. The van der Waals surface area contributed by atoms with E-state index in [0.717, 1.165) is 0 Å². The van der Waals surface area contributed by atoms with Gasteiger partial charge < -0.3 is 83.1 Å². The van der Waals surface area contributed by atoms with Crippen molar-refractivity contribution in [2.24, 2.45) is 23.7 Å². The van der Waals surface area contributed by atoms with Crippen LogP contribution < -0.4 is 0 Å². The number of allylic oxidation sites excluding steroid dienone is 3. The van der Waals surface area contributed by atoms with Gasteiger partial charge >= 0.3 is 17.9 Å². The molecule has 0 aromatic carbocycles. The molecule has 7 N–H and O–H groups in total. The molecule has 6 fully saturated rings. The number of esters is 3.